The van der Waals surface area contributed by atoms with Gasteiger partial charge in [-0.15, -0.1) is 11.3 Å². The SMILES string of the molecule is O=C(O)C1CC12CCN(C(=O)c1csc(-c3cnccn3)n1)CC2. The van der Waals surface area contributed by atoms with E-state index in [2.05, 4.69) is 15.0 Å². The molecule has 0 radical (unpaired) electrons. The number of hydrogen-bond donors (Lipinski definition) is 1. The van der Waals surface area contributed by atoms with Gasteiger partial charge in [0.25, 0.3) is 5.91 Å². The average Bonchev–Trinajstić information content (AvgIpc) is 3.09. The summed E-state index contributed by atoms with van der Waals surface area (Å²) < 4.78 is 0. The Balaban J connectivity index is 1.43. The van der Waals surface area contributed by atoms with Gasteiger partial charge in [-0.1, -0.05) is 0 Å². The van der Waals surface area contributed by atoms with Crippen LogP contribution in [-0.2, 0) is 4.79 Å². The minimum Gasteiger partial charge on any atom is -0.481 e. The molecule has 1 unspecified atom stereocenters. The number of nitrogens with zero attached hydrogens (tertiary/aromatic N) is 4. The summed E-state index contributed by atoms with van der Waals surface area (Å²) in [6.07, 6.45) is 7.08. The van der Waals surface area contributed by atoms with Crippen molar-refractivity contribution >= 4 is 23.2 Å². The zero-order chi connectivity index (χ0) is 16.7. The summed E-state index contributed by atoms with van der Waals surface area (Å²) in [6.45, 7) is 1.20. The van der Waals surface area contributed by atoms with Crippen LogP contribution in [0.5, 0.6) is 0 Å². The van der Waals surface area contributed by atoms with Gasteiger partial charge in [0.1, 0.15) is 16.4 Å². The number of carboxylic acids is 1. The van der Waals surface area contributed by atoms with E-state index in [1.54, 1.807) is 28.9 Å². The maximum atomic E-state index is 12.6. The van der Waals surface area contributed by atoms with Crippen molar-refractivity contribution in [3.05, 3.63) is 29.7 Å². The monoisotopic (exact) mass is 344 g/mol. The Kier molecular flexibility index (Phi) is 3.56. The lowest BCUT2D eigenvalue weighted by Gasteiger charge is -2.32. The van der Waals surface area contributed by atoms with E-state index >= 15 is 0 Å². The number of aliphatic carboxylic acids is 1. The molecule has 24 heavy (non-hydrogen) atoms. The van der Waals surface area contributed by atoms with Gasteiger partial charge in [0, 0.05) is 30.9 Å². The molecule has 0 bridgehead atoms. The van der Waals surface area contributed by atoms with Crippen LogP contribution in [0.3, 0.4) is 0 Å². The van der Waals surface area contributed by atoms with Crippen molar-refractivity contribution in [1.82, 2.24) is 19.9 Å². The van der Waals surface area contributed by atoms with Crippen molar-refractivity contribution in [2.75, 3.05) is 13.1 Å². The summed E-state index contributed by atoms with van der Waals surface area (Å²) >= 11 is 1.37. The molecule has 1 N–H and O–H groups in total. The van der Waals surface area contributed by atoms with Gasteiger partial charge in [-0.3, -0.25) is 19.6 Å². The number of carbonyl (C=O) groups is 2. The third-order valence-electron chi connectivity index (χ3n) is 5.04. The lowest BCUT2D eigenvalue weighted by Crippen LogP contribution is -2.40. The van der Waals surface area contributed by atoms with Crippen LogP contribution in [0.15, 0.2) is 24.0 Å². The van der Waals surface area contributed by atoms with Crippen molar-refractivity contribution in [1.29, 1.82) is 0 Å². The Morgan fingerprint density at radius 1 is 1.29 bits per heavy atom. The number of amides is 1. The van der Waals surface area contributed by atoms with Crippen LogP contribution < -0.4 is 0 Å². The molecule has 2 aromatic rings. The third-order valence-corrected chi connectivity index (χ3v) is 5.90. The molecule has 4 rings (SSSR count). The average molecular weight is 344 g/mol. The molecule has 1 amide bonds. The van der Waals surface area contributed by atoms with Gasteiger partial charge in [-0.25, -0.2) is 4.98 Å². The highest BCUT2D eigenvalue weighted by Crippen LogP contribution is 2.59. The van der Waals surface area contributed by atoms with Crippen molar-refractivity contribution in [2.24, 2.45) is 11.3 Å². The minimum atomic E-state index is -0.706. The Morgan fingerprint density at radius 3 is 2.71 bits per heavy atom. The molecule has 1 saturated carbocycles. The van der Waals surface area contributed by atoms with Crippen LogP contribution in [-0.4, -0.2) is 49.9 Å². The van der Waals surface area contributed by atoms with Gasteiger partial charge in [0.05, 0.1) is 12.1 Å². The number of likely N-dealkylation sites (tertiary alicyclic amines) is 1. The Bertz CT molecular complexity index is 784. The van der Waals surface area contributed by atoms with Gasteiger partial charge < -0.3 is 10.0 Å². The molecule has 2 fully saturated rings. The summed E-state index contributed by atoms with van der Waals surface area (Å²) in [7, 11) is 0. The molecule has 3 heterocycles. The zero-order valence-electron chi connectivity index (χ0n) is 12.9. The normalized spacial score (nSPS) is 21.7. The fourth-order valence-electron chi connectivity index (χ4n) is 3.47. The summed E-state index contributed by atoms with van der Waals surface area (Å²) in [4.78, 5) is 38.1. The molecule has 1 atom stereocenters. The van der Waals surface area contributed by atoms with Crippen LogP contribution in [0.25, 0.3) is 10.7 Å². The second-order valence-corrected chi connectivity index (χ2v) is 7.24. The van der Waals surface area contributed by atoms with E-state index in [9.17, 15) is 9.59 Å². The standard InChI is InChI=1S/C16H16N4O3S/c21-14(12-9-24-13(19-12)11-8-17-3-4-18-11)20-5-1-16(2-6-20)7-10(16)15(22)23/h3-4,8-10H,1-2,5-7H2,(H,22,23). The number of carbonyl (C=O) groups excluding carboxylic acids is 1. The highest BCUT2D eigenvalue weighted by Gasteiger charge is 2.59. The van der Waals surface area contributed by atoms with Crippen LogP contribution in [0.4, 0.5) is 0 Å². The first-order valence-electron chi connectivity index (χ1n) is 7.83. The van der Waals surface area contributed by atoms with Crippen molar-refractivity contribution in [2.45, 2.75) is 19.3 Å². The maximum absolute atomic E-state index is 12.6. The van der Waals surface area contributed by atoms with Crippen molar-refractivity contribution < 1.29 is 14.7 Å². The van der Waals surface area contributed by atoms with Crippen LogP contribution in [0.1, 0.15) is 29.8 Å². The van der Waals surface area contributed by atoms with E-state index in [4.69, 9.17) is 5.11 Å². The van der Waals surface area contributed by atoms with Gasteiger partial charge in [-0.05, 0) is 24.7 Å². The molecule has 1 spiro atoms. The second kappa shape index (κ2) is 5.62. The minimum absolute atomic E-state index is 0.0739. The summed E-state index contributed by atoms with van der Waals surface area (Å²) in [5.41, 5.74) is 0.999. The first kappa shape index (κ1) is 15.2. The van der Waals surface area contributed by atoms with Gasteiger partial charge in [-0.2, -0.15) is 0 Å². The maximum Gasteiger partial charge on any atom is 0.307 e. The number of aromatic nitrogens is 3. The summed E-state index contributed by atoms with van der Waals surface area (Å²) in [6, 6.07) is 0. The molecule has 0 aromatic carbocycles. The Hall–Kier alpha value is -2.35. The van der Waals surface area contributed by atoms with Crippen LogP contribution >= 0.6 is 11.3 Å². The quantitative estimate of drug-likeness (QED) is 0.914. The highest BCUT2D eigenvalue weighted by atomic mass is 32.1. The molecular weight excluding hydrogens is 328 g/mol. The van der Waals surface area contributed by atoms with E-state index < -0.39 is 5.97 Å². The molecule has 2 aromatic heterocycles. The third kappa shape index (κ3) is 2.56. The lowest BCUT2D eigenvalue weighted by molar-refractivity contribution is -0.139. The fourth-order valence-corrected chi connectivity index (χ4v) is 4.22. The van der Waals surface area contributed by atoms with Gasteiger partial charge >= 0.3 is 5.97 Å². The van der Waals surface area contributed by atoms with Crippen molar-refractivity contribution in [3.8, 4) is 10.7 Å². The molecule has 7 nitrogen and oxygen atoms in total. The molecule has 1 aliphatic carbocycles. The van der Waals surface area contributed by atoms with Gasteiger partial charge in [0.15, 0.2) is 0 Å². The number of carboxylic acid groups (broad SMARTS) is 1. The molecule has 1 aliphatic heterocycles. The largest absolute Gasteiger partial charge is 0.481 e. The van der Waals surface area contributed by atoms with E-state index in [0.29, 0.717) is 29.5 Å². The van der Waals surface area contributed by atoms with Crippen LogP contribution in [0, 0.1) is 11.3 Å². The molecule has 124 valence electrons. The number of rotatable bonds is 3. The summed E-state index contributed by atoms with van der Waals surface area (Å²) in [5.74, 6) is -1.02. The van der Waals surface area contributed by atoms with Gasteiger partial charge in [0.2, 0.25) is 0 Å². The first-order valence-corrected chi connectivity index (χ1v) is 8.71. The predicted octanol–water partition coefficient (Wildman–Crippen LogP) is 1.93. The van der Waals surface area contributed by atoms with E-state index in [1.165, 1.54) is 11.3 Å². The topological polar surface area (TPSA) is 96.3 Å². The second-order valence-electron chi connectivity index (χ2n) is 6.38. The Labute approximate surface area is 142 Å². The van der Waals surface area contributed by atoms with Crippen molar-refractivity contribution in [3.63, 3.8) is 0 Å². The smallest absolute Gasteiger partial charge is 0.307 e. The molecular formula is C16H16N4O3S. The first-order chi connectivity index (χ1) is 11.6. The number of thiazole rings is 1. The molecule has 2 aliphatic rings. The molecule has 8 heteroatoms. The van der Waals surface area contributed by atoms with E-state index in [0.717, 1.165) is 19.3 Å². The fraction of sp³-hybridized carbons (Fsp3) is 0.438. The number of piperidine rings is 1. The van der Waals surface area contributed by atoms with E-state index in [-0.39, 0.29) is 17.2 Å². The lowest BCUT2D eigenvalue weighted by atomic mass is 9.90. The Morgan fingerprint density at radius 2 is 2.08 bits per heavy atom. The van der Waals surface area contributed by atoms with Crippen LogP contribution in [0.2, 0.25) is 0 Å². The summed E-state index contributed by atoms with van der Waals surface area (Å²) in [5, 5.41) is 11.6. The molecule has 1 saturated heterocycles. The zero-order valence-corrected chi connectivity index (χ0v) is 13.7. The number of hydrogen-bond acceptors (Lipinski definition) is 6. The highest BCUT2D eigenvalue weighted by molar-refractivity contribution is 7.13. The predicted molar refractivity (Wildman–Crippen MR) is 86.5 cm³/mol. The van der Waals surface area contributed by atoms with E-state index in [1.807, 2.05) is 0 Å².